The van der Waals surface area contributed by atoms with Crippen molar-refractivity contribution in [3.8, 4) is 11.8 Å². The Labute approximate surface area is 213 Å². The number of aryl methyl sites for hydroxylation is 2. The average molecular weight is 507 g/mol. The molecule has 1 aliphatic heterocycles. The SMILES string of the molecule is CCc1ncnc(N2CCN(C(C)=O)CC2)c1C#Cc1cnc(C)c(N[S+]([O-])c2ccc(F)cc2)c1. The fourth-order valence-electron chi connectivity index (χ4n) is 3.84. The molecule has 1 fully saturated rings. The second-order valence-electron chi connectivity index (χ2n) is 8.30. The van der Waals surface area contributed by atoms with Crippen molar-refractivity contribution in [2.24, 2.45) is 0 Å². The zero-order valence-electron chi connectivity index (χ0n) is 20.4. The van der Waals surface area contributed by atoms with Crippen LogP contribution in [-0.4, -0.2) is 56.5 Å². The van der Waals surface area contributed by atoms with Crippen molar-refractivity contribution in [1.29, 1.82) is 0 Å². The fraction of sp³-hybridized carbons (Fsp3) is 0.308. The Hall–Kier alpha value is -3.68. The monoisotopic (exact) mass is 506 g/mol. The van der Waals surface area contributed by atoms with Crippen molar-refractivity contribution in [1.82, 2.24) is 19.9 Å². The Balaban J connectivity index is 1.59. The van der Waals surface area contributed by atoms with E-state index in [-0.39, 0.29) is 11.7 Å². The molecule has 1 N–H and O–H groups in total. The summed E-state index contributed by atoms with van der Waals surface area (Å²) in [5.41, 5.74) is 3.47. The predicted molar refractivity (Wildman–Crippen MR) is 137 cm³/mol. The van der Waals surface area contributed by atoms with E-state index in [4.69, 9.17) is 0 Å². The molecule has 1 aliphatic rings. The van der Waals surface area contributed by atoms with Crippen molar-refractivity contribution in [2.45, 2.75) is 32.1 Å². The summed E-state index contributed by atoms with van der Waals surface area (Å²) in [6, 6.07) is 7.28. The second kappa shape index (κ2) is 11.4. The Morgan fingerprint density at radius 1 is 1.14 bits per heavy atom. The first-order valence-corrected chi connectivity index (χ1v) is 12.8. The van der Waals surface area contributed by atoms with Gasteiger partial charge in [0, 0.05) is 44.9 Å². The van der Waals surface area contributed by atoms with Gasteiger partial charge in [0.2, 0.25) is 5.91 Å². The van der Waals surface area contributed by atoms with Crippen LogP contribution in [0.25, 0.3) is 0 Å². The van der Waals surface area contributed by atoms with E-state index in [1.165, 1.54) is 24.3 Å². The minimum absolute atomic E-state index is 0.0724. The van der Waals surface area contributed by atoms with Gasteiger partial charge in [-0.15, -0.1) is 0 Å². The number of carbonyl (C=O) groups is 1. The fourth-order valence-corrected chi connectivity index (χ4v) is 4.74. The van der Waals surface area contributed by atoms with Crippen molar-refractivity contribution in [3.05, 3.63) is 71.2 Å². The lowest BCUT2D eigenvalue weighted by molar-refractivity contribution is -0.129. The molecule has 0 saturated carbocycles. The maximum atomic E-state index is 13.2. The summed E-state index contributed by atoms with van der Waals surface area (Å²) in [4.78, 5) is 29.4. The number of nitrogens with one attached hydrogen (secondary N) is 1. The van der Waals surface area contributed by atoms with Crippen molar-refractivity contribution in [3.63, 3.8) is 0 Å². The quantitative estimate of drug-likeness (QED) is 0.420. The van der Waals surface area contributed by atoms with Gasteiger partial charge in [0.15, 0.2) is 4.90 Å². The summed E-state index contributed by atoms with van der Waals surface area (Å²) in [5, 5.41) is 0. The third-order valence-corrected chi connectivity index (χ3v) is 7.02. The maximum absolute atomic E-state index is 13.2. The van der Waals surface area contributed by atoms with Gasteiger partial charge >= 0.3 is 0 Å². The Morgan fingerprint density at radius 3 is 2.53 bits per heavy atom. The topological polar surface area (TPSA) is 97.3 Å². The molecule has 1 atom stereocenters. The normalized spacial score (nSPS) is 14.1. The van der Waals surface area contributed by atoms with Gasteiger partial charge < -0.3 is 14.4 Å². The van der Waals surface area contributed by atoms with Crippen LogP contribution in [0.4, 0.5) is 15.9 Å². The third-order valence-electron chi connectivity index (χ3n) is 5.91. The molecule has 3 heterocycles. The highest BCUT2D eigenvalue weighted by atomic mass is 32.2. The number of nitrogens with zero attached hydrogens (tertiary/aromatic N) is 5. The number of benzene rings is 1. The lowest BCUT2D eigenvalue weighted by atomic mass is 10.1. The van der Waals surface area contributed by atoms with E-state index in [1.54, 1.807) is 32.4 Å². The largest absolute Gasteiger partial charge is 0.588 e. The van der Waals surface area contributed by atoms with Crippen LogP contribution in [0.3, 0.4) is 0 Å². The number of hydrogen-bond acceptors (Lipinski definition) is 7. The molecule has 1 aromatic carbocycles. The maximum Gasteiger partial charge on any atom is 0.219 e. The van der Waals surface area contributed by atoms with E-state index in [0.29, 0.717) is 54.4 Å². The Morgan fingerprint density at radius 2 is 1.86 bits per heavy atom. The lowest BCUT2D eigenvalue weighted by Crippen LogP contribution is -2.48. The molecule has 3 aromatic rings. The van der Waals surface area contributed by atoms with E-state index in [2.05, 4.69) is 36.4 Å². The average Bonchev–Trinajstić information content (AvgIpc) is 2.89. The van der Waals surface area contributed by atoms with Crippen LogP contribution < -0.4 is 9.62 Å². The first-order chi connectivity index (χ1) is 17.4. The second-order valence-corrected chi connectivity index (χ2v) is 9.51. The molecule has 0 spiro atoms. The van der Waals surface area contributed by atoms with Crippen LogP contribution >= 0.6 is 0 Å². The molecule has 1 saturated heterocycles. The van der Waals surface area contributed by atoms with Gasteiger partial charge in [0.05, 0.1) is 17.0 Å². The van der Waals surface area contributed by atoms with Crippen molar-refractivity contribution < 1.29 is 13.7 Å². The molecule has 0 radical (unpaired) electrons. The first-order valence-electron chi connectivity index (χ1n) is 11.6. The van der Waals surface area contributed by atoms with Crippen LogP contribution in [0.5, 0.6) is 0 Å². The van der Waals surface area contributed by atoms with Crippen molar-refractivity contribution >= 4 is 28.8 Å². The summed E-state index contributed by atoms with van der Waals surface area (Å²) in [7, 11) is 0. The highest BCUT2D eigenvalue weighted by Gasteiger charge is 2.22. The number of hydrogen-bond donors (Lipinski definition) is 1. The molecular weight excluding hydrogens is 479 g/mol. The van der Waals surface area contributed by atoms with Crippen LogP contribution in [0.2, 0.25) is 0 Å². The van der Waals surface area contributed by atoms with Crippen LogP contribution in [0.15, 0.2) is 47.8 Å². The summed E-state index contributed by atoms with van der Waals surface area (Å²) in [6.45, 7) is 8.02. The molecule has 10 heteroatoms. The number of halogens is 1. The summed E-state index contributed by atoms with van der Waals surface area (Å²) < 4.78 is 28.8. The summed E-state index contributed by atoms with van der Waals surface area (Å²) in [6.07, 6.45) is 3.91. The van der Waals surface area contributed by atoms with Gasteiger partial charge in [-0.3, -0.25) is 9.78 Å². The van der Waals surface area contributed by atoms with Crippen molar-refractivity contribution in [2.75, 3.05) is 35.8 Å². The summed E-state index contributed by atoms with van der Waals surface area (Å²) >= 11 is -1.58. The van der Waals surface area contributed by atoms with Gasteiger partial charge in [-0.1, -0.05) is 18.8 Å². The van der Waals surface area contributed by atoms with Gasteiger partial charge in [-0.2, -0.15) is 0 Å². The number of piperazine rings is 1. The van der Waals surface area contributed by atoms with E-state index >= 15 is 0 Å². The standard InChI is InChI=1S/C26H27FN6O2S/c1-4-24-23(26(30-17-29-24)33-13-11-32(12-14-33)19(3)34)10-5-20-15-25(18(2)28-16-20)31-36(35)22-8-6-21(27)7-9-22/h6-9,15-17,31H,4,11-14H2,1-3H3. The highest BCUT2D eigenvalue weighted by molar-refractivity contribution is 7.92. The number of amides is 1. The zero-order valence-corrected chi connectivity index (χ0v) is 21.2. The smallest absolute Gasteiger partial charge is 0.219 e. The van der Waals surface area contributed by atoms with Gasteiger partial charge in [-0.25, -0.2) is 19.1 Å². The van der Waals surface area contributed by atoms with Gasteiger partial charge in [-0.05, 0) is 43.7 Å². The molecule has 2 aromatic heterocycles. The van der Waals surface area contributed by atoms with E-state index in [1.807, 2.05) is 11.8 Å². The number of aromatic nitrogens is 3. The molecule has 0 aliphatic carbocycles. The van der Waals surface area contributed by atoms with E-state index < -0.39 is 11.4 Å². The molecule has 1 amide bonds. The van der Waals surface area contributed by atoms with E-state index in [9.17, 15) is 13.7 Å². The third kappa shape index (κ3) is 5.93. The molecule has 186 valence electrons. The molecule has 1 unspecified atom stereocenters. The molecule has 0 bridgehead atoms. The minimum atomic E-state index is -1.58. The summed E-state index contributed by atoms with van der Waals surface area (Å²) in [5.74, 6) is 6.84. The predicted octanol–water partition coefficient (Wildman–Crippen LogP) is 3.08. The molecule has 36 heavy (non-hydrogen) atoms. The van der Waals surface area contributed by atoms with Crippen LogP contribution in [0.1, 0.15) is 36.4 Å². The number of pyridine rings is 1. The number of anilines is 2. The van der Waals surface area contributed by atoms with E-state index in [0.717, 1.165) is 17.1 Å². The number of rotatable bonds is 5. The molecular formula is C26H27FN6O2S. The lowest BCUT2D eigenvalue weighted by Gasteiger charge is -2.35. The molecule has 4 rings (SSSR count). The Bertz CT molecular complexity index is 1300. The minimum Gasteiger partial charge on any atom is -0.588 e. The molecule has 8 nitrogen and oxygen atoms in total. The van der Waals surface area contributed by atoms with Crippen LogP contribution in [-0.2, 0) is 22.6 Å². The Kier molecular flexibility index (Phi) is 8.03. The first kappa shape index (κ1) is 25.4. The van der Waals surface area contributed by atoms with Gasteiger partial charge in [0.1, 0.15) is 35.0 Å². The highest BCUT2D eigenvalue weighted by Crippen LogP contribution is 2.23. The zero-order chi connectivity index (χ0) is 25.7. The van der Waals surface area contributed by atoms with Gasteiger partial charge in [0.25, 0.3) is 0 Å². The van der Waals surface area contributed by atoms with Crippen LogP contribution in [0, 0.1) is 24.6 Å². The number of carbonyl (C=O) groups excluding carboxylic acids is 1.